The van der Waals surface area contributed by atoms with E-state index in [1.807, 2.05) is 60.7 Å². The Labute approximate surface area is 168 Å². The van der Waals surface area contributed by atoms with Crippen LogP contribution < -0.4 is 5.73 Å². The van der Waals surface area contributed by atoms with Gasteiger partial charge in [-0.05, 0) is 24.0 Å². The number of aliphatic hydroxyl groups excluding tert-OH is 1. The zero-order chi connectivity index (χ0) is 20.0. The molecule has 1 heterocycles. The highest BCUT2D eigenvalue weighted by Crippen LogP contribution is 2.44. The molecule has 0 aromatic heterocycles. The van der Waals surface area contributed by atoms with Gasteiger partial charge in [-0.15, -0.1) is 11.8 Å². The van der Waals surface area contributed by atoms with Gasteiger partial charge in [0.05, 0.1) is 6.42 Å². The molecule has 6 heteroatoms. The van der Waals surface area contributed by atoms with Gasteiger partial charge in [0.25, 0.3) is 0 Å². The normalized spacial score (nSPS) is 19.4. The molecule has 1 aliphatic rings. The van der Waals surface area contributed by atoms with Crippen LogP contribution in [-0.2, 0) is 25.7 Å². The molecule has 5 nitrogen and oxygen atoms in total. The number of hydrogen-bond acceptors (Lipinski definition) is 5. The Bertz CT molecular complexity index is 867. The van der Waals surface area contributed by atoms with Gasteiger partial charge in [-0.1, -0.05) is 60.7 Å². The highest BCUT2D eigenvalue weighted by atomic mass is 32.2. The summed E-state index contributed by atoms with van der Waals surface area (Å²) in [6.45, 7) is 0. The van der Waals surface area contributed by atoms with Gasteiger partial charge in [0.15, 0.2) is 0 Å². The molecular weight excluding hydrogens is 374 g/mol. The molecular formula is C22H23NO4S. The number of cyclic esters (lactones) is 1. The monoisotopic (exact) mass is 397 g/mol. The van der Waals surface area contributed by atoms with E-state index in [2.05, 4.69) is 0 Å². The maximum atomic E-state index is 12.8. The lowest BCUT2D eigenvalue weighted by atomic mass is 9.83. The molecule has 0 radical (unpaired) electrons. The topological polar surface area (TPSA) is 89.6 Å². The summed E-state index contributed by atoms with van der Waals surface area (Å²) in [5.74, 6) is -0.341. The fourth-order valence-corrected chi connectivity index (χ4v) is 4.24. The first-order chi connectivity index (χ1) is 13.5. The molecule has 146 valence electrons. The van der Waals surface area contributed by atoms with E-state index < -0.39 is 17.5 Å². The lowest BCUT2D eigenvalue weighted by Gasteiger charge is -2.37. The van der Waals surface area contributed by atoms with Crippen molar-refractivity contribution in [2.75, 3.05) is 0 Å². The summed E-state index contributed by atoms with van der Waals surface area (Å²) < 4.78 is 5.88. The number of rotatable bonds is 8. The minimum absolute atomic E-state index is 0.0279. The Morgan fingerprint density at radius 2 is 1.75 bits per heavy atom. The summed E-state index contributed by atoms with van der Waals surface area (Å²) in [7, 11) is 0. The molecule has 0 saturated heterocycles. The van der Waals surface area contributed by atoms with Crippen molar-refractivity contribution in [1.82, 2.24) is 0 Å². The number of ether oxygens (including phenoxy) is 1. The quantitative estimate of drug-likeness (QED) is 0.652. The van der Waals surface area contributed by atoms with Crippen LogP contribution in [0, 0.1) is 0 Å². The molecule has 3 rings (SSSR count). The molecule has 1 aliphatic heterocycles. The number of hydrogen-bond donors (Lipinski definition) is 2. The minimum Gasteiger partial charge on any atom is -0.511 e. The summed E-state index contributed by atoms with van der Waals surface area (Å²) >= 11 is 1.27. The van der Waals surface area contributed by atoms with Crippen molar-refractivity contribution >= 4 is 23.6 Å². The van der Waals surface area contributed by atoms with Gasteiger partial charge in [0, 0.05) is 12.2 Å². The molecule has 1 atom stereocenters. The lowest BCUT2D eigenvalue weighted by Crippen LogP contribution is -2.37. The number of carbonyl (C=O) groups is 2. The smallest absolute Gasteiger partial charge is 0.348 e. The first-order valence-electron chi connectivity index (χ1n) is 9.16. The number of carbonyl (C=O) groups excluding carboxylic acids is 2. The Hall–Kier alpha value is -2.73. The van der Waals surface area contributed by atoms with Crippen LogP contribution in [0.5, 0.6) is 0 Å². The molecule has 3 N–H and O–H groups in total. The molecule has 0 bridgehead atoms. The first-order valence-corrected chi connectivity index (χ1v) is 10.1. The SMILES string of the molecule is NC(=O)CCCC1(c2ccccc2)CC(O)=C(SCc2ccccc2)C(=O)O1. The van der Waals surface area contributed by atoms with Gasteiger partial charge in [-0.2, -0.15) is 0 Å². The number of nitrogens with two attached hydrogens (primary N) is 1. The van der Waals surface area contributed by atoms with Crippen LogP contribution in [0.4, 0.5) is 0 Å². The summed E-state index contributed by atoms with van der Waals surface area (Å²) in [4.78, 5) is 24.1. The van der Waals surface area contributed by atoms with Gasteiger partial charge in [0.2, 0.25) is 5.91 Å². The standard InChI is InChI=1S/C22H23NO4S/c23-19(25)12-7-13-22(17-10-5-2-6-11-17)14-18(24)20(21(26)27-22)28-15-16-8-3-1-4-9-16/h1-6,8-11,24H,7,12-15H2,(H2,23,25). The van der Waals surface area contributed by atoms with Crippen molar-refractivity contribution in [2.24, 2.45) is 5.73 Å². The molecule has 0 spiro atoms. The van der Waals surface area contributed by atoms with E-state index in [1.165, 1.54) is 11.8 Å². The van der Waals surface area contributed by atoms with Crippen LogP contribution in [0.15, 0.2) is 71.3 Å². The van der Waals surface area contributed by atoms with Crippen molar-refractivity contribution in [3.8, 4) is 0 Å². The van der Waals surface area contributed by atoms with E-state index in [-0.39, 0.29) is 23.5 Å². The van der Waals surface area contributed by atoms with Crippen LogP contribution in [0.25, 0.3) is 0 Å². The average molecular weight is 397 g/mol. The predicted octanol–water partition coefficient (Wildman–Crippen LogP) is 4.19. The molecule has 2 aromatic rings. The third kappa shape index (κ3) is 4.75. The Morgan fingerprint density at radius 3 is 2.36 bits per heavy atom. The highest BCUT2D eigenvalue weighted by Gasteiger charge is 2.43. The van der Waals surface area contributed by atoms with Crippen molar-refractivity contribution in [3.63, 3.8) is 0 Å². The zero-order valence-electron chi connectivity index (χ0n) is 15.5. The molecule has 0 saturated carbocycles. The van der Waals surface area contributed by atoms with Crippen LogP contribution >= 0.6 is 11.8 Å². The van der Waals surface area contributed by atoms with Gasteiger partial charge < -0.3 is 15.6 Å². The number of esters is 1. The molecule has 0 aliphatic carbocycles. The van der Waals surface area contributed by atoms with Crippen LogP contribution in [0.2, 0.25) is 0 Å². The number of aliphatic hydroxyl groups is 1. The molecule has 0 fully saturated rings. The Kier molecular flexibility index (Phi) is 6.41. The van der Waals surface area contributed by atoms with Crippen molar-refractivity contribution in [1.29, 1.82) is 0 Å². The van der Waals surface area contributed by atoms with Gasteiger partial charge >= 0.3 is 5.97 Å². The number of thioether (sulfide) groups is 1. The van der Waals surface area contributed by atoms with E-state index >= 15 is 0 Å². The van der Waals surface area contributed by atoms with Crippen molar-refractivity contribution < 1.29 is 19.4 Å². The Morgan fingerprint density at radius 1 is 1.11 bits per heavy atom. The molecule has 2 aromatic carbocycles. The van der Waals surface area contributed by atoms with E-state index in [0.717, 1.165) is 11.1 Å². The average Bonchev–Trinajstić information content (AvgIpc) is 2.68. The third-order valence-electron chi connectivity index (χ3n) is 4.72. The van der Waals surface area contributed by atoms with E-state index in [9.17, 15) is 14.7 Å². The summed E-state index contributed by atoms with van der Waals surface area (Å²) in [5, 5.41) is 10.7. The van der Waals surface area contributed by atoms with E-state index in [4.69, 9.17) is 10.5 Å². The summed E-state index contributed by atoms with van der Waals surface area (Å²) in [5.41, 5.74) is 6.12. The maximum absolute atomic E-state index is 12.8. The number of benzene rings is 2. The molecule has 28 heavy (non-hydrogen) atoms. The largest absolute Gasteiger partial charge is 0.511 e. The van der Waals surface area contributed by atoms with Gasteiger partial charge in [-0.3, -0.25) is 4.79 Å². The van der Waals surface area contributed by atoms with Crippen molar-refractivity contribution in [2.45, 2.75) is 37.0 Å². The van der Waals surface area contributed by atoms with Crippen LogP contribution in [-0.4, -0.2) is 17.0 Å². The number of primary amides is 1. The summed E-state index contributed by atoms with van der Waals surface area (Å²) in [6, 6.07) is 19.1. The lowest BCUT2D eigenvalue weighted by molar-refractivity contribution is -0.160. The second-order valence-corrected chi connectivity index (χ2v) is 7.78. The fraction of sp³-hybridized carbons (Fsp3) is 0.273. The van der Waals surface area contributed by atoms with Gasteiger partial charge in [-0.25, -0.2) is 4.79 Å². The maximum Gasteiger partial charge on any atom is 0.348 e. The van der Waals surface area contributed by atoms with Gasteiger partial charge in [0.1, 0.15) is 16.3 Å². The minimum atomic E-state index is -0.991. The summed E-state index contributed by atoms with van der Waals surface area (Å²) in [6.07, 6.45) is 1.26. The van der Waals surface area contributed by atoms with Crippen LogP contribution in [0.1, 0.15) is 36.8 Å². The predicted molar refractivity (Wildman–Crippen MR) is 109 cm³/mol. The highest BCUT2D eigenvalue weighted by molar-refractivity contribution is 8.03. The third-order valence-corrected chi connectivity index (χ3v) is 5.89. The second kappa shape index (κ2) is 8.97. The number of amides is 1. The van der Waals surface area contributed by atoms with E-state index in [0.29, 0.717) is 18.6 Å². The zero-order valence-corrected chi connectivity index (χ0v) is 16.3. The second-order valence-electron chi connectivity index (χ2n) is 6.80. The van der Waals surface area contributed by atoms with Crippen LogP contribution in [0.3, 0.4) is 0 Å². The molecule has 1 amide bonds. The molecule has 1 unspecified atom stereocenters. The Balaban J connectivity index is 1.82. The fourth-order valence-electron chi connectivity index (χ4n) is 3.34. The van der Waals surface area contributed by atoms with E-state index in [1.54, 1.807) is 0 Å². The van der Waals surface area contributed by atoms with Crippen molar-refractivity contribution in [3.05, 3.63) is 82.5 Å². The first kappa shape index (κ1) is 20.0.